The van der Waals surface area contributed by atoms with Gasteiger partial charge in [0.2, 0.25) is 5.91 Å². The molecule has 2 N–H and O–H groups in total. The van der Waals surface area contributed by atoms with E-state index in [4.69, 9.17) is 9.47 Å². The van der Waals surface area contributed by atoms with Gasteiger partial charge in [0.05, 0.1) is 32.5 Å². The summed E-state index contributed by atoms with van der Waals surface area (Å²) in [5, 5.41) is 6.04. The highest BCUT2D eigenvalue weighted by molar-refractivity contribution is 5.81. The topological polar surface area (TPSA) is 59.6 Å². The van der Waals surface area contributed by atoms with Crippen LogP contribution in [0.25, 0.3) is 0 Å². The number of benzene rings is 2. The highest BCUT2D eigenvalue weighted by Gasteiger charge is 2.10. The van der Waals surface area contributed by atoms with E-state index in [0.29, 0.717) is 11.5 Å². The zero-order valence-corrected chi connectivity index (χ0v) is 13.6. The van der Waals surface area contributed by atoms with Crippen LogP contribution in [-0.2, 0) is 4.79 Å². The molecule has 1 unspecified atom stereocenters. The molecule has 0 heterocycles. The van der Waals surface area contributed by atoms with Gasteiger partial charge in [-0.05, 0) is 24.6 Å². The predicted molar refractivity (Wildman–Crippen MR) is 91.0 cm³/mol. The summed E-state index contributed by atoms with van der Waals surface area (Å²) in [4.78, 5) is 12.1. The summed E-state index contributed by atoms with van der Waals surface area (Å²) in [5.74, 6) is 1.27. The third-order valence-corrected chi connectivity index (χ3v) is 3.52. The van der Waals surface area contributed by atoms with Gasteiger partial charge in [-0.2, -0.15) is 0 Å². The number of carbonyl (C=O) groups excluding carboxylic acids is 1. The van der Waals surface area contributed by atoms with Gasteiger partial charge < -0.3 is 20.1 Å². The fourth-order valence-corrected chi connectivity index (χ4v) is 2.25. The molecule has 1 amide bonds. The molecular formula is C18H22N2O3. The van der Waals surface area contributed by atoms with Crippen molar-refractivity contribution in [1.82, 2.24) is 5.32 Å². The molecule has 0 aromatic heterocycles. The lowest BCUT2D eigenvalue weighted by molar-refractivity contribution is -0.120. The largest absolute Gasteiger partial charge is 0.497 e. The molecule has 5 nitrogen and oxygen atoms in total. The molecule has 5 heteroatoms. The highest BCUT2D eigenvalue weighted by atomic mass is 16.5. The van der Waals surface area contributed by atoms with Gasteiger partial charge in [-0.1, -0.05) is 30.3 Å². The molecule has 0 saturated carbocycles. The Morgan fingerprint density at radius 2 is 1.83 bits per heavy atom. The van der Waals surface area contributed by atoms with Crippen molar-refractivity contribution < 1.29 is 14.3 Å². The Kier molecular flexibility index (Phi) is 5.86. The van der Waals surface area contributed by atoms with Crippen LogP contribution < -0.4 is 20.1 Å². The molecule has 0 spiro atoms. The predicted octanol–water partition coefficient (Wildman–Crippen LogP) is 2.99. The lowest BCUT2D eigenvalue weighted by Crippen LogP contribution is -2.32. The molecule has 0 saturated heterocycles. The van der Waals surface area contributed by atoms with Crippen LogP contribution in [0.4, 0.5) is 5.69 Å². The van der Waals surface area contributed by atoms with Crippen molar-refractivity contribution in [2.45, 2.75) is 13.0 Å². The molecule has 2 rings (SSSR count). The normalized spacial score (nSPS) is 11.4. The Hall–Kier alpha value is -2.69. The second-order valence-corrected chi connectivity index (χ2v) is 5.12. The van der Waals surface area contributed by atoms with Crippen molar-refractivity contribution >= 4 is 11.6 Å². The van der Waals surface area contributed by atoms with Crippen LogP contribution >= 0.6 is 0 Å². The summed E-state index contributed by atoms with van der Waals surface area (Å²) in [6.45, 7) is 2.11. The Bertz CT molecular complexity index is 644. The average molecular weight is 314 g/mol. The molecular weight excluding hydrogens is 292 g/mol. The third-order valence-electron chi connectivity index (χ3n) is 3.52. The number of amides is 1. The van der Waals surface area contributed by atoms with Gasteiger partial charge in [-0.15, -0.1) is 0 Å². The fourth-order valence-electron chi connectivity index (χ4n) is 2.25. The van der Waals surface area contributed by atoms with Crippen LogP contribution in [-0.4, -0.2) is 26.7 Å². The Morgan fingerprint density at radius 1 is 1.09 bits per heavy atom. The van der Waals surface area contributed by atoms with E-state index < -0.39 is 0 Å². The molecule has 1 atom stereocenters. The first kappa shape index (κ1) is 16.7. The number of carbonyl (C=O) groups is 1. The van der Waals surface area contributed by atoms with E-state index >= 15 is 0 Å². The maximum absolute atomic E-state index is 12.1. The van der Waals surface area contributed by atoms with E-state index in [1.165, 1.54) is 0 Å². The third kappa shape index (κ3) is 4.64. The van der Waals surface area contributed by atoms with E-state index in [1.54, 1.807) is 26.4 Å². The zero-order valence-electron chi connectivity index (χ0n) is 13.6. The molecule has 23 heavy (non-hydrogen) atoms. The van der Waals surface area contributed by atoms with Gasteiger partial charge >= 0.3 is 0 Å². The van der Waals surface area contributed by atoms with Gasteiger partial charge in [-0.3, -0.25) is 4.79 Å². The van der Waals surface area contributed by atoms with Crippen LogP contribution in [0.1, 0.15) is 18.5 Å². The van der Waals surface area contributed by atoms with E-state index in [-0.39, 0.29) is 18.5 Å². The number of methoxy groups -OCH3 is 2. The molecule has 0 fully saturated rings. The number of rotatable bonds is 7. The number of anilines is 1. The second kappa shape index (κ2) is 8.08. The van der Waals surface area contributed by atoms with Gasteiger partial charge in [0.1, 0.15) is 11.5 Å². The van der Waals surface area contributed by atoms with E-state index in [1.807, 2.05) is 43.3 Å². The van der Waals surface area contributed by atoms with Crippen LogP contribution in [0.5, 0.6) is 11.5 Å². The summed E-state index contributed by atoms with van der Waals surface area (Å²) in [7, 11) is 3.18. The van der Waals surface area contributed by atoms with Crippen LogP contribution in [0.15, 0.2) is 48.5 Å². The first-order valence-corrected chi connectivity index (χ1v) is 7.44. The summed E-state index contributed by atoms with van der Waals surface area (Å²) in [5.41, 5.74) is 1.79. The van der Waals surface area contributed by atoms with Crippen molar-refractivity contribution in [3.8, 4) is 11.5 Å². The van der Waals surface area contributed by atoms with E-state index in [9.17, 15) is 4.79 Å². The van der Waals surface area contributed by atoms with Crippen molar-refractivity contribution in [2.24, 2.45) is 0 Å². The number of nitrogens with one attached hydrogen (secondary N) is 2. The van der Waals surface area contributed by atoms with E-state index in [0.717, 1.165) is 11.3 Å². The minimum absolute atomic E-state index is 0.0438. The fraction of sp³-hybridized carbons (Fsp3) is 0.278. The molecule has 122 valence electrons. The lowest BCUT2D eigenvalue weighted by atomic mass is 10.1. The number of ether oxygens (including phenoxy) is 2. The van der Waals surface area contributed by atoms with E-state index in [2.05, 4.69) is 10.6 Å². The van der Waals surface area contributed by atoms with Crippen LogP contribution in [0.3, 0.4) is 0 Å². The highest BCUT2D eigenvalue weighted by Crippen LogP contribution is 2.28. The molecule has 2 aromatic carbocycles. The van der Waals surface area contributed by atoms with Crippen LogP contribution in [0.2, 0.25) is 0 Å². The number of hydrogen-bond acceptors (Lipinski definition) is 4. The van der Waals surface area contributed by atoms with Gasteiger partial charge in [0, 0.05) is 6.07 Å². The Morgan fingerprint density at radius 3 is 2.48 bits per heavy atom. The molecule has 2 aromatic rings. The maximum Gasteiger partial charge on any atom is 0.239 e. The van der Waals surface area contributed by atoms with Gasteiger partial charge in [-0.25, -0.2) is 0 Å². The average Bonchev–Trinajstić information content (AvgIpc) is 2.60. The number of hydrogen-bond donors (Lipinski definition) is 2. The van der Waals surface area contributed by atoms with Crippen molar-refractivity contribution in [1.29, 1.82) is 0 Å². The Labute approximate surface area is 136 Å². The summed E-state index contributed by atoms with van der Waals surface area (Å²) in [6.07, 6.45) is 0. The standard InChI is InChI=1S/C18H22N2O3/c1-13(14-7-5-4-6-8-14)20-18(21)12-19-16-11-15(22-2)9-10-17(16)23-3/h4-11,13,19H,12H2,1-3H3,(H,20,21). The SMILES string of the molecule is COc1ccc(OC)c(NCC(=O)NC(C)c2ccccc2)c1. The summed E-state index contributed by atoms with van der Waals surface area (Å²) in [6, 6.07) is 15.2. The van der Waals surface area contributed by atoms with Crippen molar-refractivity contribution in [3.05, 3.63) is 54.1 Å². The van der Waals surface area contributed by atoms with Crippen LogP contribution in [0, 0.1) is 0 Å². The van der Waals surface area contributed by atoms with Gasteiger partial charge in [0.15, 0.2) is 0 Å². The first-order chi connectivity index (χ1) is 11.1. The quantitative estimate of drug-likeness (QED) is 0.825. The smallest absolute Gasteiger partial charge is 0.239 e. The molecule has 0 bridgehead atoms. The maximum atomic E-state index is 12.1. The minimum atomic E-state index is -0.0915. The zero-order chi connectivity index (χ0) is 16.7. The molecule has 0 radical (unpaired) electrons. The molecule has 0 aliphatic heterocycles. The van der Waals surface area contributed by atoms with Crippen molar-refractivity contribution in [3.63, 3.8) is 0 Å². The molecule has 0 aliphatic carbocycles. The Balaban J connectivity index is 1.94. The summed E-state index contributed by atoms with van der Waals surface area (Å²) < 4.78 is 10.5. The first-order valence-electron chi connectivity index (χ1n) is 7.44. The van der Waals surface area contributed by atoms with Gasteiger partial charge in [0.25, 0.3) is 0 Å². The van der Waals surface area contributed by atoms with Crippen molar-refractivity contribution in [2.75, 3.05) is 26.1 Å². The minimum Gasteiger partial charge on any atom is -0.497 e. The lowest BCUT2D eigenvalue weighted by Gasteiger charge is -2.16. The monoisotopic (exact) mass is 314 g/mol. The second-order valence-electron chi connectivity index (χ2n) is 5.12. The molecule has 0 aliphatic rings. The summed E-state index contributed by atoms with van der Waals surface area (Å²) >= 11 is 0.